The summed E-state index contributed by atoms with van der Waals surface area (Å²) in [6.45, 7) is 18.5. The van der Waals surface area contributed by atoms with Gasteiger partial charge in [0, 0.05) is 31.3 Å². The Morgan fingerprint density at radius 2 is 0.788 bits per heavy atom. The summed E-state index contributed by atoms with van der Waals surface area (Å²) in [4.78, 5) is 0. The Labute approximate surface area is 316 Å². The predicted octanol–water partition coefficient (Wildman–Crippen LogP) is 12.8. The molecular formula is C46H44F2S2Si2. The Kier molecular flexibility index (Phi) is 9.83. The molecule has 0 aliphatic carbocycles. The second-order valence-electron chi connectivity index (χ2n) is 15.3. The molecule has 7 aromatic rings. The van der Waals surface area contributed by atoms with Crippen molar-refractivity contribution >= 4 is 90.9 Å². The van der Waals surface area contributed by atoms with Crippen molar-refractivity contribution in [3.63, 3.8) is 0 Å². The lowest BCUT2D eigenvalue weighted by Crippen LogP contribution is -2.52. The Morgan fingerprint density at radius 3 is 1.12 bits per heavy atom. The molecule has 2 aromatic heterocycles. The molecule has 262 valence electrons. The minimum Gasteiger partial charge on any atom is -0.195 e. The van der Waals surface area contributed by atoms with Gasteiger partial charge in [0.15, 0.2) is 26.4 Å². The fourth-order valence-electron chi connectivity index (χ4n) is 8.64. The molecule has 0 nitrogen and oxygen atoms in total. The van der Waals surface area contributed by atoms with Crippen molar-refractivity contribution in [1.29, 1.82) is 0 Å². The van der Waals surface area contributed by atoms with Gasteiger partial charge in [0.1, 0.15) is 0 Å². The molecule has 52 heavy (non-hydrogen) atoms. The second-order valence-corrected chi connectivity index (χ2v) is 27.1. The van der Waals surface area contributed by atoms with Crippen LogP contribution in [0.4, 0.5) is 8.78 Å². The smallest absolute Gasteiger partial charge is 0.177 e. The van der Waals surface area contributed by atoms with Gasteiger partial charge in [-0.15, -0.1) is 33.8 Å². The zero-order valence-electron chi connectivity index (χ0n) is 31.1. The summed E-state index contributed by atoms with van der Waals surface area (Å²) in [5, 5.41) is 7.83. The van der Waals surface area contributed by atoms with E-state index in [0.717, 1.165) is 75.5 Å². The number of hydrogen-bond acceptors (Lipinski definition) is 2. The summed E-state index contributed by atoms with van der Waals surface area (Å²) >= 11 is 2.33. The van der Waals surface area contributed by atoms with Crippen LogP contribution in [-0.4, -0.2) is 16.1 Å². The van der Waals surface area contributed by atoms with Crippen LogP contribution < -0.4 is 10.4 Å². The molecule has 6 heteroatoms. The average Bonchev–Trinajstić information content (AvgIpc) is 3.67. The highest BCUT2D eigenvalue weighted by molar-refractivity contribution is 7.18. The molecule has 0 aliphatic rings. The van der Waals surface area contributed by atoms with E-state index in [0.29, 0.717) is 22.2 Å². The molecule has 0 amide bonds. The number of benzene rings is 5. The van der Waals surface area contributed by atoms with E-state index in [2.05, 4.69) is 163 Å². The highest BCUT2D eigenvalue weighted by atomic mass is 32.1. The van der Waals surface area contributed by atoms with Gasteiger partial charge in [-0.25, -0.2) is 0 Å². The SMILES string of the molecule is CC(C)[Si](C#Cc1c2cc3cc(F)sc3cc2c(C#C[Si](c2ccccc2)(C(C)C)C(C)C)c2cc3cc(F)sc3cc12)(c1ccccc1)C(C)C. The van der Waals surface area contributed by atoms with E-state index in [1.807, 2.05) is 0 Å². The third-order valence-electron chi connectivity index (χ3n) is 11.3. The molecular weight excluding hydrogens is 711 g/mol. The van der Waals surface area contributed by atoms with Gasteiger partial charge in [0.2, 0.25) is 0 Å². The van der Waals surface area contributed by atoms with Crippen molar-refractivity contribution in [3.8, 4) is 22.9 Å². The van der Waals surface area contributed by atoms with Crippen LogP contribution in [0.2, 0.25) is 22.2 Å². The largest absolute Gasteiger partial charge is 0.195 e. The molecule has 2 heterocycles. The Hall–Kier alpha value is -4.05. The molecule has 0 aliphatic heterocycles. The van der Waals surface area contributed by atoms with Crippen molar-refractivity contribution in [3.05, 3.63) is 118 Å². The molecule has 0 spiro atoms. The van der Waals surface area contributed by atoms with E-state index in [9.17, 15) is 8.78 Å². The predicted molar refractivity (Wildman–Crippen MR) is 230 cm³/mol. The lowest BCUT2D eigenvalue weighted by atomic mass is 9.91. The zero-order chi connectivity index (χ0) is 36.9. The van der Waals surface area contributed by atoms with Gasteiger partial charge in [-0.2, -0.15) is 8.78 Å². The summed E-state index contributed by atoms with van der Waals surface area (Å²) in [5.41, 5.74) is 11.3. The highest BCUT2D eigenvalue weighted by Gasteiger charge is 2.42. The Balaban J connectivity index is 1.65. The van der Waals surface area contributed by atoms with Crippen molar-refractivity contribution < 1.29 is 8.78 Å². The maximum atomic E-state index is 14.9. The van der Waals surface area contributed by atoms with E-state index >= 15 is 0 Å². The maximum absolute atomic E-state index is 14.9. The first kappa shape index (κ1) is 36.3. The van der Waals surface area contributed by atoms with Gasteiger partial charge < -0.3 is 0 Å². The van der Waals surface area contributed by atoms with E-state index in [1.165, 1.54) is 10.4 Å². The molecule has 0 atom stereocenters. The number of halogens is 2. The number of hydrogen-bond donors (Lipinski definition) is 0. The molecule has 0 saturated carbocycles. The third-order valence-corrected chi connectivity index (χ3v) is 24.0. The molecule has 0 radical (unpaired) electrons. The highest BCUT2D eigenvalue weighted by Crippen LogP contribution is 2.41. The Morgan fingerprint density at radius 1 is 0.462 bits per heavy atom. The van der Waals surface area contributed by atoms with Gasteiger partial charge in [-0.05, 0) is 90.5 Å². The van der Waals surface area contributed by atoms with E-state index in [-0.39, 0.29) is 10.3 Å². The summed E-state index contributed by atoms with van der Waals surface area (Å²) in [6.07, 6.45) is 0. The number of fused-ring (bicyclic) bond motifs is 4. The summed E-state index contributed by atoms with van der Waals surface area (Å²) in [7, 11) is -4.80. The van der Waals surface area contributed by atoms with Crippen molar-refractivity contribution in [1.82, 2.24) is 0 Å². The number of thiophene rings is 2. The van der Waals surface area contributed by atoms with E-state index < -0.39 is 16.1 Å². The molecule has 7 rings (SSSR count). The van der Waals surface area contributed by atoms with Crippen LogP contribution in [0, 0.1) is 33.2 Å². The van der Waals surface area contributed by atoms with Crippen LogP contribution in [0.25, 0.3) is 41.7 Å². The second kappa shape index (κ2) is 14.1. The van der Waals surface area contributed by atoms with Crippen LogP contribution >= 0.6 is 22.7 Å². The summed E-state index contributed by atoms with van der Waals surface area (Å²) in [5.74, 6) is 7.66. The lowest BCUT2D eigenvalue weighted by molar-refractivity contribution is 0.658. The molecule has 0 unspecified atom stereocenters. The van der Waals surface area contributed by atoms with Crippen LogP contribution in [0.15, 0.2) is 97.1 Å². The third kappa shape index (κ3) is 6.04. The fourth-order valence-corrected chi connectivity index (χ4v) is 19.2. The van der Waals surface area contributed by atoms with Gasteiger partial charge in [0.05, 0.1) is 0 Å². The first-order valence-electron chi connectivity index (χ1n) is 18.3. The molecule has 0 saturated heterocycles. The molecule has 5 aromatic carbocycles. The topological polar surface area (TPSA) is 0 Å². The Bertz CT molecular complexity index is 2280. The van der Waals surface area contributed by atoms with E-state index in [4.69, 9.17) is 0 Å². The maximum Gasteiger partial charge on any atom is 0.177 e. The summed E-state index contributed by atoms with van der Waals surface area (Å²) in [6, 6.07) is 33.3. The average molecular weight is 755 g/mol. The van der Waals surface area contributed by atoms with Crippen LogP contribution in [-0.2, 0) is 0 Å². The first-order valence-corrected chi connectivity index (χ1v) is 24.2. The zero-order valence-corrected chi connectivity index (χ0v) is 34.8. The number of rotatable bonds is 6. The normalized spacial score (nSPS) is 12.4. The van der Waals surface area contributed by atoms with Gasteiger partial charge in [0.25, 0.3) is 0 Å². The van der Waals surface area contributed by atoms with Gasteiger partial charge in [-0.1, -0.05) is 128 Å². The van der Waals surface area contributed by atoms with Crippen molar-refractivity contribution in [2.45, 2.75) is 77.6 Å². The molecule has 0 bridgehead atoms. The van der Waals surface area contributed by atoms with Gasteiger partial charge >= 0.3 is 0 Å². The monoisotopic (exact) mass is 754 g/mol. The van der Waals surface area contributed by atoms with Crippen molar-refractivity contribution in [2.24, 2.45) is 0 Å². The van der Waals surface area contributed by atoms with E-state index in [1.54, 1.807) is 12.1 Å². The van der Waals surface area contributed by atoms with Crippen LogP contribution in [0.1, 0.15) is 66.5 Å². The van der Waals surface area contributed by atoms with Crippen molar-refractivity contribution in [2.75, 3.05) is 0 Å². The molecule has 0 fully saturated rings. The minimum absolute atomic E-state index is 0.212. The standard InChI is InChI=1S/C46H44F2S2Si2/c1-29(2)51(30(3)4,35-15-11-9-12-16-35)21-19-37-39-23-33-25-45(47)50-44(33)28-42(39)38(40-24-34-26-46(48)49-43(34)27-41(37)40)20-22-52(31(5)6,32(7)8)36-17-13-10-14-18-36/h9-18,23-32H,1-8H3. The first-order chi connectivity index (χ1) is 24.9. The summed E-state index contributed by atoms with van der Waals surface area (Å²) < 4.78 is 31.6. The quantitative estimate of drug-likeness (QED) is 0.0901. The minimum atomic E-state index is -2.40. The fraction of sp³-hybridized carbons (Fsp3) is 0.261. The van der Waals surface area contributed by atoms with Gasteiger partial charge in [-0.3, -0.25) is 0 Å². The molecule has 0 N–H and O–H groups in total. The lowest BCUT2D eigenvalue weighted by Gasteiger charge is -2.35. The van der Waals surface area contributed by atoms with Crippen LogP contribution in [0.5, 0.6) is 0 Å². The van der Waals surface area contributed by atoms with Crippen LogP contribution in [0.3, 0.4) is 0 Å².